The molecule has 0 heterocycles. The Kier molecular flexibility index (Phi) is 6.50. The Labute approximate surface area is 198 Å². The van der Waals surface area contributed by atoms with E-state index >= 15 is 0 Å². The molecule has 4 rings (SSSR count). The van der Waals surface area contributed by atoms with Crippen LogP contribution in [0, 0.1) is 45.3 Å². The number of hydrogen-bond acceptors (Lipinski definition) is 2. The third-order valence-electron chi connectivity index (χ3n) is 11.9. The fourth-order valence-electron chi connectivity index (χ4n) is 9.82. The minimum atomic E-state index is -0.175. The van der Waals surface area contributed by atoms with Gasteiger partial charge in [-0.15, -0.1) is 0 Å². The first-order valence-electron chi connectivity index (χ1n) is 14.0. The molecule has 4 aliphatic carbocycles. The molecule has 0 amide bonds. The lowest BCUT2D eigenvalue weighted by molar-refractivity contribution is -0.0997. The van der Waals surface area contributed by atoms with Crippen LogP contribution in [0.4, 0.5) is 0 Å². The zero-order valence-electron chi connectivity index (χ0n) is 22.3. The molecule has 0 radical (unpaired) electrons. The van der Waals surface area contributed by atoms with Crippen LogP contribution in [0.15, 0.2) is 11.1 Å². The molecule has 32 heavy (non-hydrogen) atoms. The van der Waals surface area contributed by atoms with Gasteiger partial charge in [-0.05, 0) is 91.3 Å². The van der Waals surface area contributed by atoms with Gasteiger partial charge >= 0.3 is 0 Å². The third kappa shape index (κ3) is 3.40. The molecule has 184 valence electrons. The van der Waals surface area contributed by atoms with Crippen molar-refractivity contribution in [1.82, 2.24) is 0 Å². The molecule has 0 aromatic heterocycles. The van der Waals surface area contributed by atoms with Gasteiger partial charge in [0, 0.05) is 5.41 Å². The predicted octanol–water partition coefficient (Wildman–Crippen LogP) is 7.53. The van der Waals surface area contributed by atoms with Crippen molar-refractivity contribution in [2.24, 2.45) is 45.3 Å². The Morgan fingerprint density at radius 2 is 1.59 bits per heavy atom. The van der Waals surface area contributed by atoms with Gasteiger partial charge in [0.05, 0.1) is 12.7 Å². The van der Waals surface area contributed by atoms with Gasteiger partial charge < -0.3 is 10.2 Å². The second kappa shape index (κ2) is 8.40. The highest BCUT2D eigenvalue weighted by atomic mass is 16.3. The van der Waals surface area contributed by atoms with E-state index in [9.17, 15) is 10.2 Å². The van der Waals surface area contributed by atoms with E-state index in [1.54, 1.807) is 11.1 Å². The lowest BCUT2D eigenvalue weighted by Crippen LogP contribution is -2.56. The smallest absolute Gasteiger partial charge is 0.0594 e. The van der Waals surface area contributed by atoms with Crippen molar-refractivity contribution < 1.29 is 10.2 Å². The second-order valence-electron chi connectivity index (χ2n) is 13.9. The lowest BCUT2D eigenvalue weighted by Gasteiger charge is -2.62. The molecular formula is C30H52O2. The Balaban J connectivity index is 1.67. The van der Waals surface area contributed by atoms with Gasteiger partial charge in [0.15, 0.2) is 0 Å². The van der Waals surface area contributed by atoms with Gasteiger partial charge in [-0.25, -0.2) is 0 Å². The van der Waals surface area contributed by atoms with Crippen LogP contribution in [0.1, 0.15) is 119 Å². The van der Waals surface area contributed by atoms with Gasteiger partial charge in [0.25, 0.3) is 0 Å². The molecule has 0 saturated heterocycles. The molecule has 0 aromatic rings. The summed E-state index contributed by atoms with van der Waals surface area (Å²) in [7, 11) is 0. The highest BCUT2D eigenvalue weighted by Gasteiger charge is 2.64. The first-order chi connectivity index (χ1) is 14.9. The van der Waals surface area contributed by atoms with Crippen LogP contribution in [-0.2, 0) is 0 Å². The minimum Gasteiger partial charge on any atom is -0.395 e. The maximum absolute atomic E-state index is 11.1. The van der Waals surface area contributed by atoms with Crippen molar-refractivity contribution in [1.29, 1.82) is 0 Å². The maximum atomic E-state index is 11.1. The number of fused-ring (bicyclic) bond motifs is 4. The monoisotopic (exact) mass is 444 g/mol. The molecule has 4 aliphatic rings. The lowest BCUT2D eigenvalue weighted by atomic mass is 9.43. The molecule has 2 N–H and O–H groups in total. The van der Waals surface area contributed by atoms with E-state index in [0.29, 0.717) is 12.5 Å². The summed E-state index contributed by atoms with van der Waals surface area (Å²) in [5.74, 6) is 2.86. The van der Waals surface area contributed by atoms with Crippen LogP contribution in [0.25, 0.3) is 0 Å². The van der Waals surface area contributed by atoms with Crippen molar-refractivity contribution in [2.45, 2.75) is 125 Å². The highest BCUT2D eigenvalue weighted by Crippen LogP contribution is 2.72. The van der Waals surface area contributed by atoms with Crippen molar-refractivity contribution in [3.8, 4) is 0 Å². The predicted molar refractivity (Wildman–Crippen MR) is 134 cm³/mol. The van der Waals surface area contributed by atoms with Crippen LogP contribution in [-0.4, -0.2) is 22.9 Å². The number of aliphatic hydroxyl groups is 2. The molecular weight excluding hydrogens is 392 g/mol. The molecule has 0 aliphatic heterocycles. The second-order valence-corrected chi connectivity index (χ2v) is 13.9. The fraction of sp³-hybridized carbons (Fsp3) is 0.933. The molecule has 2 heteroatoms. The summed E-state index contributed by atoms with van der Waals surface area (Å²) in [6.45, 7) is 17.2. The summed E-state index contributed by atoms with van der Waals surface area (Å²) in [5.41, 5.74) is 3.84. The number of allylic oxidation sites excluding steroid dienone is 1. The maximum Gasteiger partial charge on any atom is 0.0594 e. The number of aliphatic hydroxyl groups excluding tert-OH is 2. The van der Waals surface area contributed by atoms with Crippen molar-refractivity contribution in [3.63, 3.8) is 0 Å². The Hall–Kier alpha value is -0.340. The summed E-state index contributed by atoms with van der Waals surface area (Å²) < 4.78 is 0. The van der Waals surface area contributed by atoms with E-state index in [4.69, 9.17) is 0 Å². The number of hydrogen-bond donors (Lipinski definition) is 2. The zero-order valence-corrected chi connectivity index (χ0v) is 22.3. The van der Waals surface area contributed by atoms with E-state index in [-0.39, 0.29) is 27.8 Å². The first kappa shape index (κ1) is 24.8. The van der Waals surface area contributed by atoms with Crippen LogP contribution in [0.2, 0.25) is 0 Å². The normalized spacial score (nSPS) is 44.2. The van der Waals surface area contributed by atoms with Crippen LogP contribution < -0.4 is 0 Å². The molecule has 0 spiro atoms. The van der Waals surface area contributed by atoms with Crippen molar-refractivity contribution in [2.75, 3.05) is 6.61 Å². The van der Waals surface area contributed by atoms with E-state index in [0.717, 1.165) is 37.0 Å². The Bertz CT molecular complexity index is 735. The first-order valence-corrected chi connectivity index (χ1v) is 14.0. The van der Waals surface area contributed by atoms with Crippen LogP contribution in [0.3, 0.4) is 0 Å². The standard InChI is InChI=1S/C30H52O2/c1-20(2)9-8-10-21(3)22-14-18-30(19-31)24-11-12-25-27(4,5)26(32)15-16-28(25,6)23(24)13-17-29(22,30)7/h20-22,25-26,31-32H,8-19H2,1-7H3/t21-,22-,25+,26+,28-,29-,30-/m1/s1. The summed E-state index contributed by atoms with van der Waals surface area (Å²) in [5, 5.41) is 21.9. The fourth-order valence-corrected chi connectivity index (χ4v) is 9.82. The zero-order chi connectivity index (χ0) is 23.5. The molecule has 0 aromatic carbocycles. The topological polar surface area (TPSA) is 40.5 Å². The molecule has 2 nitrogen and oxygen atoms in total. The van der Waals surface area contributed by atoms with Gasteiger partial charge in [-0.2, -0.15) is 0 Å². The summed E-state index contributed by atoms with van der Waals surface area (Å²) in [6, 6.07) is 0. The molecule has 2 saturated carbocycles. The van der Waals surface area contributed by atoms with E-state index in [2.05, 4.69) is 48.5 Å². The van der Waals surface area contributed by atoms with Gasteiger partial charge in [0.2, 0.25) is 0 Å². The molecule has 7 atom stereocenters. The van der Waals surface area contributed by atoms with E-state index in [1.807, 2.05) is 0 Å². The Morgan fingerprint density at radius 1 is 0.875 bits per heavy atom. The van der Waals surface area contributed by atoms with E-state index < -0.39 is 0 Å². The van der Waals surface area contributed by atoms with Crippen LogP contribution in [0.5, 0.6) is 0 Å². The molecule has 2 fully saturated rings. The number of rotatable bonds is 6. The van der Waals surface area contributed by atoms with Crippen molar-refractivity contribution in [3.05, 3.63) is 11.1 Å². The summed E-state index contributed by atoms with van der Waals surface area (Å²) in [4.78, 5) is 0. The highest BCUT2D eigenvalue weighted by molar-refractivity contribution is 5.39. The largest absolute Gasteiger partial charge is 0.395 e. The summed E-state index contributed by atoms with van der Waals surface area (Å²) in [6.07, 6.45) is 13.2. The van der Waals surface area contributed by atoms with Gasteiger partial charge in [0.1, 0.15) is 0 Å². The Morgan fingerprint density at radius 3 is 2.25 bits per heavy atom. The minimum absolute atomic E-state index is 0.00570. The summed E-state index contributed by atoms with van der Waals surface area (Å²) >= 11 is 0. The SMILES string of the molecule is CC(C)CCC[C@@H](C)[C@H]1CC[C@@]2(CO)C3=C(CC[C@]12C)[C@@]1(C)CC[C@H](O)C(C)(C)[C@@H]1CC3. The van der Waals surface area contributed by atoms with Crippen LogP contribution >= 0.6 is 0 Å². The average Bonchev–Trinajstić information content (AvgIpc) is 3.04. The van der Waals surface area contributed by atoms with Crippen molar-refractivity contribution >= 4 is 0 Å². The molecule has 0 bridgehead atoms. The molecule has 0 unspecified atom stereocenters. The van der Waals surface area contributed by atoms with Gasteiger partial charge in [-0.1, -0.05) is 78.9 Å². The average molecular weight is 445 g/mol. The quantitative estimate of drug-likeness (QED) is 0.416. The van der Waals surface area contributed by atoms with E-state index in [1.165, 1.54) is 51.4 Å². The third-order valence-corrected chi connectivity index (χ3v) is 11.9. The van der Waals surface area contributed by atoms with Gasteiger partial charge in [-0.3, -0.25) is 0 Å².